The van der Waals surface area contributed by atoms with E-state index in [0.717, 1.165) is 6.42 Å². The Balaban J connectivity index is 1.85. The molecule has 0 saturated heterocycles. The topological polar surface area (TPSA) is 35.2 Å². The lowest BCUT2D eigenvalue weighted by Crippen LogP contribution is -2.23. The number of halogens is 1. The minimum atomic E-state index is -0.253. The summed E-state index contributed by atoms with van der Waals surface area (Å²) in [6.45, 7) is 1.14. The van der Waals surface area contributed by atoms with Gasteiger partial charge in [0.2, 0.25) is 0 Å². The summed E-state index contributed by atoms with van der Waals surface area (Å²) >= 11 is 1.73. The molecule has 1 heterocycles. The zero-order valence-electron chi connectivity index (χ0n) is 10.0. The summed E-state index contributed by atoms with van der Waals surface area (Å²) in [6.07, 6.45) is 0.926. The Bertz CT molecular complexity index is 455. The first-order chi connectivity index (χ1) is 8.78. The Morgan fingerprint density at radius 3 is 2.61 bits per heavy atom. The number of hydrogen-bond donors (Lipinski definition) is 1. The molecular formula is C14H16FNOS. The molecule has 2 aromatic rings. The molecule has 1 aromatic carbocycles. The van der Waals surface area contributed by atoms with Gasteiger partial charge in [-0.3, -0.25) is 0 Å². The third-order valence-corrected chi connectivity index (χ3v) is 3.60. The Labute approximate surface area is 110 Å². The molecule has 2 nitrogen and oxygen atoms in total. The van der Waals surface area contributed by atoms with Gasteiger partial charge in [-0.2, -0.15) is 0 Å². The smallest absolute Gasteiger partial charge is 0.123 e. The van der Waals surface area contributed by atoms with Crippen molar-refractivity contribution in [2.45, 2.75) is 6.42 Å². The number of nitrogens with two attached hydrogens (primary N) is 1. The van der Waals surface area contributed by atoms with E-state index in [0.29, 0.717) is 18.9 Å². The van der Waals surface area contributed by atoms with Gasteiger partial charge in [0.1, 0.15) is 11.6 Å². The maximum atomic E-state index is 12.7. The standard InChI is InChI=1S/C14H16FNOS/c15-12-3-5-13(6-4-12)17-10-11(9-16)8-14-2-1-7-18-14/h1-7,11H,8-10,16H2. The van der Waals surface area contributed by atoms with E-state index >= 15 is 0 Å². The predicted molar refractivity (Wildman–Crippen MR) is 72.5 cm³/mol. The van der Waals surface area contributed by atoms with E-state index < -0.39 is 0 Å². The number of rotatable bonds is 6. The van der Waals surface area contributed by atoms with Gasteiger partial charge in [0.25, 0.3) is 0 Å². The average molecular weight is 265 g/mol. The highest BCUT2D eigenvalue weighted by molar-refractivity contribution is 7.09. The van der Waals surface area contributed by atoms with Crippen molar-refractivity contribution in [3.8, 4) is 5.75 Å². The molecule has 0 fully saturated rings. The highest BCUT2D eigenvalue weighted by Gasteiger charge is 2.09. The lowest BCUT2D eigenvalue weighted by molar-refractivity contribution is 0.252. The predicted octanol–water partition coefficient (Wildman–Crippen LogP) is 3.08. The van der Waals surface area contributed by atoms with Gasteiger partial charge in [-0.15, -0.1) is 11.3 Å². The van der Waals surface area contributed by atoms with Gasteiger partial charge in [0, 0.05) is 10.8 Å². The van der Waals surface area contributed by atoms with E-state index in [1.165, 1.54) is 17.0 Å². The maximum absolute atomic E-state index is 12.7. The highest BCUT2D eigenvalue weighted by Crippen LogP contribution is 2.16. The van der Waals surface area contributed by atoms with E-state index in [2.05, 4.69) is 11.4 Å². The van der Waals surface area contributed by atoms with Crippen LogP contribution in [0.4, 0.5) is 4.39 Å². The normalized spacial score (nSPS) is 12.3. The Kier molecular flexibility index (Phi) is 4.73. The summed E-state index contributed by atoms with van der Waals surface area (Å²) in [5.41, 5.74) is 5.74. The van der Waals surface area contributed by atoms with Crippen molar-refractivity contribution in [2.75, 3.05) is 13.2 Å². The first-order valence-corrected chi connectivity index (χ1v) is 6.76. The van der Waals surface area contributed by atoms with Crippen LogP contribution in [0.25, 0.3) is 0 Å². The second kappa shape index (κ2) is 6.52. The molecule has 0 spiro atoms. The van der Waals surface area contributed by atoms with Crippen LogP contribution in [0, 0.1) is 11.7 Å². The minimum Gasteiger partial charge on any atom is -0.493 e. The monoisotopic (exact) mass is 265 g/mol. The van der Waals surface area contributed by atoms with E-state index in [-0.39, 0.29) is 11.7 Å². The van der Waals surface area contributed by atoms with Crippen molar-refractivity contribution >= 4 is 11.3 Å². The minimum absolute atomic E-state index is 0.253. The zero-order chi connectivity index (χ0) is 12.8. The van der Waals surface area contributed by atoms with Crippen LogP contribution in [-0.4, -0.2) is 13.2 Å². The number of ether oxygens (including phenoxy) is 1. The Morgan fingerprint density at radius 2 is 2.00 bits per heavy atom. The fourth-order valence-corrected chi connectivity index (χ4v) is 2.49. The van der Waals surface area contributed by atoms with E-state index in [9.17, 15) is 4.39 Å². The molecule has 0 aliphatic heterocycles. The molecule has 0 amide bonds. The van der Waals surface area contributed by atoms with Gasteiger partial charge in [0.05, 0.1) is 6.61 Å². The van der Waals surface area contributed by atoms with E-state index in [1.807, 2.05) is 6.07 Å². The van der Waals surface area contributed by atoms with E-state index in [1.54, 1.807) is 23.5 Å². The first kappa shape index (κ1) is 13.1. The largest absolute Gasteiger partial charge is 0.493 e. The van der Waals surface area contributed by atoms with Gasteiger partial charge in [-0.1, -0.05) is 6.07 Å². The van der Waals surface area contributed by atoms with Crippen molar-refractivity contribution < 1.29 is 9.13 Å². The van der Waals surface area contributed by atoms with Crippen molar-refractivity contribution in [2.24, 2.45) is 11.7 Å². The molecule has 96 valence electrons. The molecule has 18 heavy (non-hydrogen) atoms. The van der Waals surface area contributed by atoms with Crippen molar-refractivity contribution in [1.29, 1.82) is 0 Å². The summed E-state index contributed by atoms with van der Waals surface area (Å²) in [5.74, 6) is 0.714. The third-order valence-electron chi connectivity index (χ3n) is 2.70. The molecular weight excluding hydrogens is 249 g/mol. The number of thiophene rings is 1. The van der Waals surface area contributed by atoms with Crippen molar-refractivity contribution in [3.63, 3.8) is 0 Å². The molecule has 0 aliphatic rings. The van der Waals surface area contributed by atoms with Crippen molar-refractivity contribution in [3.05, 3.63) is 52.5 Å². The molecule has 0 bridgehead atoms. The van der Waals surface area contributed by atoms with Crippen LogP contribution in [0.15, 0.2) is 41.8 Å². The van der Waals surface area contributed by atoms with Crippen LogP contribution in [0.3, 0.4) is 0 Å². The summed E-state index contributed by atoms with van der Waals surface area (Å²) in [6, 6.07) is 10.2. The third kappa shape index (κ3) is 3.82. The molecule has 2 rings (SSSR count). The molecule has 2 N–H and O–H groups in total. The van der Waals surface area contributed by atoms with Crippen LogP contribution >= 0.6 is 11.3 Å². The molecule has 0 saturated carbocycles. The molecule has 0 aliphatic carbocycles. The van der Waals surface area contributed by atoms with Gasteiger partial charge in [-0.05, 0) is 48.7 Å². The van der Waals surface area contributed by atoms with Gasteiger partial charge in [0.15, 0.2) is 0 Å². The molecule has 0 radical (unpaired) electrons. The molecule has 1 unspecified atom stereocenters. The number of benzene rings is 1. The van der Waals surface area contributed by atoms with Gasteiger partial charge >= 0.3 is 0 Å². The fourth-order valence-electron chi connectivity index (χ4n) is 1.67. The summed E-state index contributed by atoms with van der Waals surface area (Å²) < 4.78 is 18.4. The summed E-state index contributed by atoms with van der Waals surface area (Å²) in [7, 11) is 0. The molecule has 4 heteroatoms. The quantitative estimate of drug-likeness (QED) is 0.871. The second-order valence-electron chi connectivity index (χ2n) is 4.15. The van der Waals surface area contributed by atoms with Crippen LogP contribution in [0.1, 0.15) is 4.88 Å². The van der Waals surface area contributed by atoms with Crippen LogP contribution in [-0.2, 0) is 6.42 Å². The van der Waals surface area contributed by atoms with Crippen LogP contribution in [0.5, 0.6) is 5.75 Å². The maximum Gasteiger partial charge on any atom is 0.123 e. The summed E-state index contributed by atoms with van der Waals surface area (Å²) in [4.78, 5) is 1.31. The molecule has 1 atom stereocenters. The van der Waals surface area contributed by atoms with Crippen LogP contribution < -0.4 is 10.5 Å². The highest BCUT2D eigenvalue weighted by atomic mass is 32.1. The zero-order valence-corrected chi connectivity index (χ0v) is 10.8. The lowest BCUT2D eigenvalue weighted by Gasteiger charge is -2.15. The Hall–Kier alpha value is -1.39. The Morgan fingerprint density at radius 1 is 1.22 bits per heavy atom. The SMILES string of the molecule is NCC(COc1ccc(F)cc1)Cc1cccs1. The van der Waals surface area contributed by atoms with Gasteiger partial charge in [-0.25, -0.2) is 4.39 Å². The second-order valence-corrected chi connectivity index (χ2v) is 5.18. The van der Waals surface area contributed by atoms with Gasteiger partial charge < -0.3 is 10.5 Å². The van der Waals surface area contributed by atoms with E-state index in [4.69, 9.17) is 10.5 Å². The number of hydrogen-bond acceptors (Lipinski definition) is 3. The summed E-state index contributed by atoms with van der Waals surface area (Å²) in [5, 5.41) is 2.06. The lowest BCUT2D eigenvalue weighted by atomic mass is 10.1. The first-order valence-electron chi connectivity index (χ1n) is 5.88. The molecule has 1 aromatic heterocycles. The van der Waals surface area contributed by atoms with Crippen LogP contribution in [0.2, 0.25) is 0 Å². The average Bonchev–Trinajstić information content (AvgIpc) is 2.89. The van der Waals surface area contributed by atoms with Crippen molar-refractivity contribution in [1.82, 2.24) is 0 Å². The fraction of sp³-hybridized carbons (Fsp3) is 0.286.